The molecule has 0 spiro atoms. The Morgan fingerprint density at radius 2 is 2.32 bits per heavy atom. The summed E-state index contributed by atoms with van der Waals surface area (Å²) < 4.78 is 7.73. The highest BCUT2D eigenvalue weighted by molar-refractivity contribution is 9.10. The number of hydrogen-bond donors (Lipinski definition) is 0. The number of aromatic nitrogens is 2. The number of carbonyl (C=O) groups is 1. The lowest BCUT2D eigenvalue weighted by molar-refractivity contribution is -0.143. The maximum atomic E-state index is 11.7. The Kier molecular flexibility index (Phi) is 4.47. The summed E-state index contributed by atoms with van der Waals surface area (Å²) >= 11 is 9.54. The van der Waals surface area contributed by atoms with Crippen LogP contribution >= 0.6 is 27.5 Å². The van der Waals surface area contributed by atoms with Gasteiger partial charge in [-0.3, -0.25) is 4.79 Å². The molecule has 0 aliphatic carbocycles. The maximum absolute atomic E-state index is 11.7. The van der Waals surface area contributed by atoms with Crippen molar-refractivity contribution in [1.29, 1.82) is 0 Å². The zero-order valence-corrected chi connectivity index (χ0v) is 13.0. The largest absolute Gasteiger partial charge is 0.465 e. The number of benzene rings is 1. The number of fused-ring (bicyclic) bond motifs is 1. The van der Waals surface area contributed by atoms with Crippen LogP contribution in [0.3, 0.4) is 0 Å². The normalized spacial score (nSPS) is 12.6. The van der Waals surface area contributed by atoms with E-state index in [1.807, 2.05) is 25.1 Å². The van der Waals surface area contributed by atoms with Gasteiger partial charge in [0.1, 0.15) is 12.4 Å². The van der Waals surface area contributed by atoms with Gasteiger partial charge in [-0.2, -0.15) is 0 Å². The van der Waals surface area contributed by atoms with Crippen molar-refractivity contribution < 1.29 is 9.53 Å². The van der Waals surface area contributed by atoms with Crippen LogP contribution in [0.1, 0.15) is 25.0 Å². The van der Waals surface area contributed by atoms with E-state index in [1.165, 1.54) is 0 Å². The summed E-state index contributed by atoms with van der Waals surface area (Å²) in [6.45, 7) is 4.10. The van der Waals surface area contributed by atoms with Crippen LogP contribution in [0.5, 0.6) is 0 Å². The zero-order chi connectivity index (χ0) is 14.0. The molecule has 1 atom stereocenters. The number of carbonyl (C=O) groups excluding carboxylic acids is 1. The number of esters is 1. The molecule has 0 fully saturated rings. The summed E-state index contributed by atoms with van der Waals surface area (Å²) in [7, 11) is 0. The van der Waals surface area contributed by atoms with Crippen LogP contribution in [-0.2, 0) is 16.1 Å². The summed E-state index contributed by atoms with van der Waals surface area (Å²) in [4.78, 5) is 16.2. The fourth-order valence-electron chi connectivity index (χ4n) is 1.93. The maximum Gasteiger partial charge on any atom is 0.326 e. The van der Waals surface area contributed by atoms with E-state index in [4.69, 9.17) is 16.3 Å². The van der Waals surface area contributed by atoms with Gasteiger partial charge in [0.05, 0.1) is 23.0 Å². The molecule has 0 aliphatic heterocycles. The molecule has 1 heterocycles. The number of ether oxygens (including phenoxy) is 1. The smallest absolute Gasteiger partial charge is 0.326 e. The van der Waals surface area contributed by atoms with Crippen LogP contribution in [0.4, 0.5) is 0 Å². The zero-order valence-electron chi connectivity index (χ0n) is 10.7. The van der Waals surface area contributed by atoms with E-state index < -0.39 is 0 Å². The highest BCUT2D eigenvalue weighted by atomic mass is 79.9. The van der Waals surface area contributed by atoms with Crippen molar-refractivity contribution in [2.45, 2.75) is 25.8 Å². The summed E-state index contributed by atoms with van der Waals surface area (Å²) in [5, 5.41) is -0.277. The molecule has 1 aromatic heterocycles. The van der Waals surface area contributed by atoms with Crippen LogP contribution in [-0.4, -0.2) is 22.1 Å². The van der Waals surface area contributed by atoms with Gasteiger partial charge < -0.3 is 9.30 Å². The number of alkyl halides is 1. The van der Waals surface area contributed by atoms with Crippen LogP contribution in [0.25, 0.3) is 11.0 Å². The predicted octanol–water partition coefficient (Wildman–Crippen LogP) is 3.66. The van der Waals surface area contributed by atoms with Gasteiger partial charge in [-0.1, -0.05) is 15.9 Å². The molecule has 102 valence electrons. The number of hydrogen-bond acceptors (Lipinski definition) is 3. The van der Waals surface area contributed by atoms with Crippen molar-refractivity contribution in [3.63, 3.8) is 0 Å². The van der Waals surface area contributed by atoms with Gasteiger partial charge in [-0.15, -0.1) is 11.6 Å². The Balaban J connectivity index is 2.49. The molecular weight excluding hydrogens is 332 g/mol. The second-order valence-electron chi connectivity index (χ2n) is 4.11. The van der Waals surface area contributed by atoms with Crippen LogP contribution < -0.4 is 0 Å². The van der Waals surface area contributed by atoms with Crippen LogP contribution in [0.2, 0.25) is 0 Å². The van der Waals surface area contributed by atoms with Crippen molar-refractivity contribution in [2.75, 3.05) is 6.61 Å². The van der Waals surface area contributed by atoms with Crippen molar-refractivity contribution in [2.24, 2.45) is 0 Å². The molecule has 0 saturated heterocycles. The first-order valence-corrected chi connectivity index (χ1v) is 7.21. The molecule has 0 N–H and O–H groups in total. The summed E-state index contributed by atoms with van der Waals surface area (Å²) in [5.41, 5.74) is 1.68. The summed E-state index contributed by atoms with van der Waals surface area (Å²) in [5.74, 6) is 0.381. The third-order valence-corrected chi connectivity index (χ3v) is 3.38. The number of imidazole rings is 1. The van der Waals surface area contributed by atoms with Gasteiger partial charge >= 0.3 is 5.97 Å². The van der Waals surface area contributed by atoms with E-state index in [2.05, 4.69) is 20.9 Å². The molecule has 2 rings (SSSR count). The number of rotatable bonds is 4. The van der Waals surface area contributed by atoms with Crippen LogP contribution in [0, 0.1) is 0 Å². The van der Waals surface area contributed by atoms with Crippen molar-refractivity contribution >= 4 is 44.5 Å². The van der Waals surface area contributed by atoms with Crippen molar-refractivity contribution in [1.82, 2.24) is 9.55 Å². The van der Waals surface area contributed by atoms with E-state index in [0.717, 1.165) is 15.5 Å². The average Bonchev–Trinajstić information content (AvgIpc) is 2.67. The molecule has 1 unspecified atom stereocenters. The second-order valence-corrected chi connectivity index (χ2v) is 5.68. The Bertz CT molecular complexity index is 610. The average molecular weight is 346 g/mol. The van der Waals surface area contributed by atoms with Gasteiger partial charge in [0.15, 0.2) is 0 Å². The molecule has 0 amide bonds. The van der Waals surface area contributed by atoms with E-state index in [1.54, 1.807) is 11.5 Å². The third kappa shape index (κ3) is 3.09. The molecule has 0 saturated carbocycles. The molecule has 0 bridgehead atoms. The quantitative estimate of drug-likeness (QED) is 0.627. The molecule has 19 heavy (non-hydrogen) atoms. The topological polar surface area (TPSA) is 44.1 Å². The lowest BCUT2D eigenvalue weighted by Gasteiger charge is -2.09. The molecular formula is C13H14BrClN2O2. The minimum absolute atomic E-state index is 0.123. The first-order chi connectivity index (χ1) is 9.02. The minimum Gasteiger partial charge on any atom is -0.465 e. The molecule has 6 heteroatoms. The van der Waals surface area contributed by atoms with Gasteiger partial charge in [-0.05, 0) is 32.0 Å². The van der Waals surface area contributed by atoms with E-state index in [0.29, 0.717) is 12.4 Å². The van der Waals surface area contributed by atoms with Gasteiger partial charge in [-0.25, -0.2) is 4.98 Å². The van der Waals surface area contributed by atoms with Crippen molar-refractivity contribution in [3.05, 3.63) is 28.5 Å². The lowest BCUT2D eigenvalue weighted by Crippen LogP contribution is -2.15. The molecule has 2 aromatic rings. The van der Waals surface area contributed by atoms with Gasteiger partial charge in [0.25, 0.3) is 0 Å². The highest BCUT2D eigenvalue weighted by Crippen LogP contribution is 2.26. The van der Waals surface area contributed by atoms with Gasteiger partial charge in [0.2, 0.25) is 0 Å². The number of nitrogens with zero attached hydrogens (tertiary/aromatic N) is 2. The third-order valence-electron chi connectivity index (χ3n) is 2.69. The highest BCUT2D eigenvalue weighted by Gasteiger charge is 2.17. The second kappa shape index (κ2) is 5.92. The SMILES string of the molecule is CCOC(=O)Cn1c(C(C)Cl)nc2cc(Br)ccc21. The molecule has 4 nitrogen and oxygen atoms in total. The summed E-state index contributed by atoms with van der Waals surface area (Å²) in [6, 6.07) is 5.72. The Hall–Kier alpha value is -1.07. The first-order valence-electron chi connectivity index (χ1n) is 5.98. The Morgan fingerprint density at radius 3 is 2.95 bits per heavy atom. The van der Waals surface area contributed by atoms with Crippen molar-refractivity contribution in [3.8, 4) is 0 Å². The van der Waals surface area contributed by atoms with E-state index in [-0.39, 0.29) is 17.9 Å². The summed E-state index contributed by atoms with van der Waals surface area (Å²) in [6.07, 6.45) is 0. The van der Waals surface area contributed by atoms with Crippen LogP contribution in [0.15, 0.2) is 22.7 Å². The van der Waals surface area contributed by atoms with E-state index >= 15 is 0 Å². The van der Waals surface area contributed by atoms with E-state index in [9.17, 15) is 4.79 Å². The predicted molar refractivity (Wildman–Crippen MR) is 78.3 cm³/mol. The first kappa shape index (κ1) is 14.3. The minimum atomic E-state index is -0.289. The lowest BCUT2D eigenvalue weighted by atomic mass is 10.3. The monoisotopic (exact) mass is 344 g/mol. The van der Waals surface area contributed by atoms with Gasteiger partial charge in [0, 0.05) is 4.47 Å². The Morgan fingerprint density at radius 1 is 1.58 bits per heavy atom. The molecule has 0 aliphatic rings. The number of halogens is 2. The molecule has 1 aromatic carbocycles. The fourth-order valence-corrected chi connectivity index (χ4v) is 2.44. The Labute approximate surface area is 124 Å². The standard InChI is InChI=1S/C13H14BrClN2O2/c1-3-19-12(18)7-17-11-5-4-9(14)6-10(11)16-13(17)8(2)15/h4-6,8H,3,7H2,1-2H3. The molecule has 0 radical (unpaired) electrons. The fraction of sp³-hybridized carbons (Fsp3) is 0.385.